The monoisotopic (exact) mass is 320 g/mol. The van der Waals surface area contributed by atoms with Gasteiger partial charge in [0.05, 0.1) is 0 Å². The average molecular weight is 321 g/mol. The summed E-state index contributed by atoms with van der Waals surface area (Å²) in [4.78, 5) is 0. The average Bonchev–Trinajstić information content (AvgIpc) is 2.37. The highest BCUT2D eigenvalue weighted by atomic mass is 35.5. The van der Waals surface area contributed by atoms with Crippen LogP contribution in [0.1, 0.15) is 25.0 Å². The van der Waals surface area contributed by atoms with Crippen LogP contribution in [0, 0.1) is 13.8 Å². The van der Waals surface area contributed by atoms with E-state index in [2.05, 4.69) is 0 Å². The van der Waals surface area contributed by atoms with Crippen molar-refractivity contribution in [2.75, 3.05) is 0 Å². The smallest absolute Gasteiger partial charge is 0.244 e. The third-order valence-corrected chi connectivity index (χ3v) is 4.58. The van der Waals surface area contributed by atoms with Crippen molar-refractivity contribution < 1.29 is 5.11 Å². The maximum absolute atomic E-state index is 10.6. The van der Waals surface area contributed by atoms with Crippen LogP contribution in [0.5, 0.6) is 0 Å². The van der Waals surface area contributed by atoms with Crippen molar-refractivity contribution in [3.8, 4) is 0 Å². The maximum atomic E-state index is 10.6. The van der Waals surface area contributed by atoms with Crippen molar-refractivity contribution in [3.05, 3.63) is 57.6 Å². The quantitative estimate of drug-likeness (QED) is 0.858. The van der Waals surface area contributed by atoms with E-state index in [0.717, 1.165) is 22.1 Å². The van der Waals surface area contributed by atoms with E-state index in [4.69, 9.17) is 23.2 Å². The number of halogens is 2. The summed E-state index contributed by atoms with van der Waals surface area (Å²) in [5.74, 6) is 0. The first-order valence-electron chi connectivity index (χ1n) is 6.94. The Morgan fingerprint density at radius 1 is 0.857 bits per heavy atom. The lowest BCUT2D eigenvalue weighted by Gasteiger charge is -2.28. The Labute approximate surface area is 137 Å². The van der Waals surface area contributed by atoms with Gasteiger partial charge in [0.15, 0.2) is 0 Å². The minimum absolute atomic E-state index is 0.186. The van der Waals surface area contributed by atoms with Crippen molar-refractivity contribution in [1.29, 1.82) is 0 Å². The summed E-state index contributed by atoms with van der Waals surface area (Å²) in [6.07, 6.45) is 0. The molecule has 0 radical (unpaired) electrons. The van der Waals surface area contributed by atoms with E-state index in [1.54, 1.807) is 13.8 Å². The number of hydrogen-bond donors (Lipinski definition) is 1. The Balaban J connectivity index is 2.58. The van der Waals surface area contributed by atoms with Crippen LogP contribution in [-0.2, 0) is 0 Å². The number of hydrogen-bond acceptors (Lipinski definition) is 1. The standard InChI is InChI=1S/C17H19BCl2O/c1-11-5-7-13(9-15(11)19)18(17(3,4)21)14-8-6-12(2)16(20)10-14/h5-10,21H,1-4H3. The van der Waals surface area contributed by atoms with E-state index in [1.165, 1.54) is 0 Å². The fraction of sp³-hybridized carbons (Fsp3) is 0.294. The molecule has 1 N–H and O–H groups in total. The zero-order valence-corrected chi connectivity index (χ0v) is 14.3. The van der Waals surface area contributed by atoms with Crippen molar-refractivity contribution in [2.24, 2.45) is 0 Å². The lowest BCUT2D eigenvalue weighted by molar-refractivity contribution is 0.164. The Hall–Kier alpha value is -0.955. The second-order valence-corrected chi connectivity index (χ2v) is 6.92. The molecule has 110 valence electrons. The van der Waals surface area contributed by atoms with Gasteiger partial charge in [0.1, 0.15) is 0 Å². The summed E-state index contributed by atoms with van der Waals surface area (Å²) in [6, 6.07) is 11.8. The van der Waals surface area contributed by atoms with Crippen LogP contribution in [0.3, 0.4) is 0 Å². The molecule has 0 amide bonds. The molecule has 0 aromatic heterocycles. The van der Waals surface area contributed by atoms with Crippen LogP contribution in [0.2, 0.25) is 10.0 Å². The summed E-state index contributed by atoms with van der Waals surface area (Å²) >= 11 is 12.5. The highest BCUT2D eigenvalue weighted by Crippen LogP contribution is 2.18. The number of benzene rings is 2. The van der Waals surface area contributed by atoms with Crippen molar-refractivity contribution in [2.45, 2.75) is 33.2 Å². The molecule has 0 fully saturated rings. The second kappa shape index (κ2) is 6.04. The molecular weight excluding hydrogens is 302 g/mol. The molecule has 0 saturated heterocycles. The number of aliphatic hydroxyl groups is 1. The van der Waals surface area contributed by atoms with Crippen molar-refractivity contribution in [1.82, 2.24) is 0 Å². The third-order valence-electron chi connectivity index (χ3n) is 3.76. The van der Waals surface area contributed by atoms with Gasteiger partial charge in [-0.2, -0.15) is 0 Å². The van der Waals surface area contributed by atoms with Gasteiger partial charge in [-0.25, -0.2) is 0 Å². The summed E-state index contributed by atoms with van der Waals surface area (Å²) in [6.45, 7) is 7.36. The zero-order valence-electron chi connectivity index (χ0n) is 12.7. The van der Waals surface area contributed by atoms with Crippen LogP contribution in [-0.4, -0.2) is 17.3 Å². The molecule has 4 heteroatoms. The summed E-state index contributed by atoms with van der Waals surface area (Å²) in [5.41, 5.74) is 3.10. The predicted molar refractivity (Wildman–Crippen MR) is 93.7 cm³/mol. The first kappa shape index (κ1) is 16.4. The molecule has 2 aromatic rings. The van der Waals surface area contributed by atoms with Crippen molar-refractivity contribution >= 4 is 40.8 Å². The Kier molecular flexibility index (Phi) is 4.72. The highest BCUT2D eigenvalue weighted by molar-refractivity contribution is 6.87. The molecule has 0 unspecified atom stereocenters. The molecule has 0 saturated carbocycles. The number of rotatable bonds is 3. The van der Waals surface area contributed by atoms with E-state index >= 15 is 0 Å². The molecule has 0 atom stereocenters. The molecule has 0 heterocycles. The molecule has 0 aliphatic carbocycles. The van der Waals surface area contributed by atoms with Gasteiger partial charge >= 0.3 is 0 Å². The fourth-order valence-electron chi connectivity index (χ4n) is 2.59. The molecule has 2 rings (SSSR count). The lowest BCUT2D eigenvalue weighted by Crippen LogP contribution is -2.57. The maximum Gasteiger partial charge on any atom is 0.244 e. The molecule has 0 bridgehead atoms. The second-order valence-electron chi connectivity index (χ2n) is 6.10. The summed E-state index contributed by atoms with van der Waals surface area (Å²) in [7, 11) is 0. The molecule has 0 aliphatic rings. The first-order chi connectivity index (χ1) is 9.70. The molecule has 2 aromatic carbocycles. The van der Waals surface area contributed by atoms with E-state index in [1.807, 2.05) is 50.2 Å². The van der Waals surface area contributed by atoms with E-state index < -0.39 is 5.50 Å². The van der Waals surface area contributed by atoms with Crippen LogP contribution in [0.25, 0.3) is 0 Å². The summed E-state index contributed by atoms with van der Waals surface area (Å²) in [5, 5.41) is 12.0. The zero-order chi connectivity index (χ0) is 15.8. The van der Waals surface area contributed by atoms with Gasteiger partial charge in [-0.3, -0.25) is 0 Å². The van der Waals surface area contributed by atoms with Gasteiger partial charge < -0.3 is 5.11 Å². The Bertz CT molecular complexity index is 611. The predicted octanol–water partition coefficient (Wildman–Crippen LogP) is 3.53. The van der Waals surface area contributed by atoms with Gasteiger partial charge in [-0.05, 0) is 51.0 Å². The van der Waals surface area contributed by atoms with Gasteiger partial charge in [0.25, 0.3) is 0 Å². The minimum atomic E-state index is -0.919. The van der Waals surface area contributed by atoms with E-state index in [9.17, 15) is 5.11 Å². The first-order valence-corrected chi connectivity index (χ1v) is 7.70. The molecule has 0 aliphatic heterocycles. The third kappa shape index (κ3) is 3.63. The van der Waals surface area contributed by atoms with E-state index in [0.29, 0.717) is 10.0 Å². The molecule has 21 heavy (non-hydrogen) atoms. The normalized spacial score (nSPS) is 11.6. The topological polar surface area (TPSA) is 20.2 Å². The molecule has 1 nitrogen and oxygen atoms in total. The SMILES string of the molecule is Cc1ccc(B(c2ccc(C)c(Cl)c2)C(C)(C)O)cc1Cl. The van der Waals surface area contributed by atoms with Crippen LogP contribution < -0.4 is 10.9 Å². The van der Waals surface area contributed by atoms with Crippen LogP contribution in [0.15, 0.2) is 36.4 Å². The lowest BCUT2D eigenvalue weighted by atomic mass is 9.32. The molecule has 0 spiro atoms. The van der Waals surface area contributed by atoms with Gasteiger partial charge in [-0.15, -0.1) is 0 Å². The van der Waals surface area contributed by atoms with Gasteiger partial charge in [0.2, 0.25) is 6.71 Å². The van der Waals surface area contributed by atoms with Gasteiger partial charge in [0, 0.05) is 15.5 Å². The summed E-state index contributed by atoms with van der Waals surface area (Å²) < 4.78 is 0. The van der Waals surface area contributed by atoms with Crippen molar-refractivity contribution in [3.63, 3.8) is 0 Å². The Morgan fingerprint density at radius 3 is 1.52 bits per heavy atom. The minimum Gasteiger partial charge on any atom is -0.398 e. The highest BCUT2D eigenvalue weighted by Gasteiger charge is 2.34. The van der Waals surface area contributed by atoms with Crippen LogP contribution >= 0.6 is 23.2 Å². The number of aryl methyl sites for hydroxylation is 2. The fourth-order valence-corrected chi connectivity index (χ4v) is 2.96. The van der Waals surface area contributed by atoms with Gasteiger partial charge in [-0.1, -0.05) is 58.4 Å². The van der Waals surface area contributed by atoms with E-state index in [-0.39, 0.29) is 6.71 Å². The largest absolute Gasteiger partial charge is 0.398 e. The molecular formula is C17H19BCl2O. The Morgan fingerprint density at radius 2 is 1.24 bits per heavy atom. The van der Waals surface area contributed by atoms with Crippen LogP contribution in [0.4, 0.5) is 0 Å².